The van der Waals surface area contributed by atoms with Crippen molar-refractivity contribution in [1.29, 1.82) is 0 Å². The number of benzene rings is 1. The van der Waals surface area contributed by atoms with E-state index in [9.17, 15) is 14.3 Å². The van der Waals surface area contributed by atoms with Gasteiger partial charge in [-0.25, -0.2) is 4.39 Å². The average Bonchev–Trinajstić information content (AvgIpc) is 3.19. The molecule has 1 aromatic heterocycles. The van der Waals surface area contributed by atoms with Crippen LogP contribution in [0.5, 0.6) is 5.75 Å². The third-order valence-corrected chi connectivity index (χ3v) is 4.96. The SMILES string of the molecule is COc1ccc(C(c2ccsc2)N2CCCC2C(=O)O)cc1F. The zero-order valence-corrected chi connectivity index (χ0v) is 13.6. The van der Waals surface area contributed by atoms with E-state index in [-0.39, 0.29) is 11.8 Å². The summed E-state index contributed by atoms with van der Waals surface area (Å²) in [6, 6.07) is 6.01. The number of rotatable bonds is 5. The molecule has 0 aliphatic carbocycles. The van der Waals surface area contributed by atoms with Crippen molar-refractivity contribution in [2.75, 3.05) is 13.7 Å². The van der Waals surface area contributed by atoms with Gasteiger partial charge in [-0.15, -0.1) is 0 Å². The summed E-state index contributed by atoms with van der Waals surface area (Å²) < 4.78 is 19.1. The lowest BCUT2D eigenvalue weighted by Crippen LogP contribution is -2.39. The van der Waals surface area contributed by atoms with Gasteiger partial charge in [-0.3, -0.25) is 9.69 Å². The smallest absolute Gasteiger partial charge is 0.320 e. The fraction of sp³-hybridized carbons (Fsp3) is 0.353. The number of halogens is 1. The fourth-order valence-corrected chi connectivity index (χ4v) is 3.90. The van der Waals surface area contributed by atoms with Crippen LogP contribution in [0.15, 0.2) is 35.0 Å². The molecule has 0 bridgehead atoms. The Hall–Kier alpha value is -1.92. The normalized spacial score (nSPS) is 19.7. The van der Waals surface area contributed by atoms with Gasteiger partial charge in [0.25, 0.3) is 0 Å². The zero-order chi connectivity index (χ0) is 16.4. The Labute approximate surface area is 138 Å². The van der Waals surface area contributed by atoms with E-state index in [1.807, 2.05) is 27.8 Å². The van der Waals surface area contributed by atoms with Crippen molar-refractivity contribution in [3.05, 3.63) is 52.0 Å². The van der Waals surface area contributed by atoms with E-state index in [2.05, 4.69) is 0 Å². The van der Waals surface area contributed by atoms with Gasteiger partial charge in [-0.2, -0.15) is 11.3 Å². The highest BCUT2D eigenvalue weighted by molar-refractivity contribution is 7.08. The lowest BCUT2D eigenvalue weighted by atomic mass is 9.98. The summed E-state index contributed by atoms with van der Waals surface area (Å²) in [5.74, 6) is -1.07. The Morgan fingerprint density at radius 1 is 1.43 bits per heavy atom. The number of hydrogen-bond donors (Lipinski definition) is 1. The van der Waals surface area contributed by atoms with Crippen molar-refractivity contribution in [1.82, 2.24) is 4.90 Å². The molecule has 122 valence electrons. The molecule has 1 aliphatic rings. The van der Waals surface area contributed by atoms with Gasteiger partial charge in [-0.05, 0) is 52.9 Å². The first-order valence-electron chi connectivity index (χ1n) is 7.46. The molecule has 1 aliphatic heterocycles. The van der Waals surface area contributed by atoms with Crippen molar-refractivity contribution in [3.8, 4) is 5.75 Å². The van der Waals surface area contributed by atoms with Crippen LogP contribution in [-0.4, -0.2) is 35.7 Å². The molecular formula is C17H18FNO3S. The quantitative estimate of drug-likeness (QED) is 0.908. The molecule has 1 N–H and O–H groups in total. The minimum atomic E-state index is -0.822. The average molecular weight is 335 g/mol. The summed E-state index contributed by atoms with van der Waals surface area (Å²) in [7, 11) is 1.43. The second-order valence-electron chi connectivity index (χ2n) is 5.59. The lowest BCUT2D eigenvalue weighted by Gasteiger charge is -2.31. The largest absolute Gasteiger partial charge is 0.494 e. The second kappa shape index (κ2) is 6.68. The van der Waals surface area contributed by atoms with Crippen molar-refractivity contribution < 1.29 is 19.0 Å². The van der Waals surface area contributed by atoms with Gasteiger partial charge in [-0.1, -0.05) is 6.07 Å². The van der Waals surface area contributed by atoms with E-state index < -0.39 is 17.8 Å². The summed E-state index contributed by atoms with van der Waals surface area (Å²) in [5.41, 5.74) is 1.74. The molecular weight excluding hydrogens is 317 g/mol. The number of carboxylic acids is 1. The molecule has 1 fully saturated rings. The van der Waals surface area contributed by atoms with Gasteiger partial charge >= 0.3 is 5.97 Å². The van der Waals surface area contributed by atoms with E-state index in [1.165, 1.54) is 13.2 Å². The molecule has 0 spiro atoms. The van der Waals surface area contributed by atoms with Crippen LogP contribution < -0.4 is 4.74 Å². The van der Waals surface area contributed by atoms with Gasteiger partial charge in [0.2, 0.25) is 0 Å². The Bertz CT molecular complexity index is 689. The van der Waals surface area contributed by atoms with E-state index in [4.69, 9.17) is 4.74 Å². The minimum absolute atomic E-state index is 0.189. The molecule has 6 heteroatoms. The van der Waals surface area contributed by atoms with Crippen LogP contribution in [-0.2, 0) is 4.79 Å². The van der Waals surface area contributed by atoms with Crippen LogP contribution in [0.25, 0.3) is 0 Å². The van der Waals surface area contributed by atoms with Crippen molar-refractivity contribution >= 4 is 17.3 Å². The number of methoxy groups -OCH3 is 1. The van der Waals surface area contributed by atoms with Crippen LogP contribution in [0.4, 0.5) is 4.39 Å². The van der Waals surface area contributed by atoms with Gasteiger partial charge in [0.05, 0.1) is 13.2 Å². The monoisotopic (exact) mass is 335 g/mol. The fourth-order valence-electron chi connectivity index (χ4n) is 3.22. The number of aliphatic carboxylic acids is 1. The van der Waals surface area contributed by atoms with Crippen molar-refractivity contribution in [3.63, 3.8) is 0 Å². The molecule has 0 radical (unpaired) electrons. The maximum Gasteiger partial charge on any atom is 0.320 e. The molecule has 2 heterocycles. The first-order valence-corrected chi connectivity index (χ1v) is 8.40. The highest BCUT2D eigenvalue weighted by Gasteiger charge is 2.37. The summed E-state index contributed by atoms with van der Waals surface area (Å²) in [6.07, 6.45) is 1.45. The Morgan fingerprint density at radius 3 is 2.87 bits per heavy atom. The van der Waals surface area contributed by atoms with E-state index in [0.717, 1.165) is 17.5 Å². The Kier molecular flexibility index (Phi) is 4.63. The molecule has 0 saturated carbocycles. The molecule has 2 atom stereocenters. The van der Waals surface area contributed by atoms with Gasteiger partial charge < -0.3 is 9.84 Å². The number of likely N-dealkylation sites (tertiary alicyclic amines) is 1. The van der Waals surface area contributed by atoms with Crippen LogP contribution in [0, 0.1) is 5.82 Å². The first-order chi connectivity index (χ1) is 11.1. The molecule has 1 aromatic carbocycles. The third kappa shape index (κ3) is 3.09. The number of carbonyl (C=O) groups is 1. The second-order valence-corrected chi connectivity index (χ2v) is 6.37. The van der Waals surface area contributed by atoms with E-state index in [0.29, 0.717) is 13.0 Å². The standard InChI is InChI=1S/C17H18FNO3S/c1-22-15-5-4-11(9-13(15)18)16(12-6-8-23-10-12)19-7-2-3-14(19)17(20)21/h4-6,8-10,14,16H,2-3,7H2,1H3,(H,20,21). The molecule has 2 aromatic rings. The first kappa shape index (κ1) is 16.0. The van der Waals surface area contributed by atoms with Crippen LogP contribution in [0.2, 0.25) is 0 Å². The molecule has 0 amide bonds. The van der Waals surface area contributed by atoms with Crippen LogP contribution in [0.1, 0.15) is 30.0 Å². The van der Waals surface area contributed by atoms with Crippen molar-refractivity contribution in [2.24, 2.45) is 0 Å². The maximum absolute atomic E-state index is 14.1. The van der Waals surface area contributed by atoms with Gasteiger partial charge in [0, 0.05) is 6.54 Å². The molecule has 4 nitrogen and oxygen atoms in total. The van der Waals surface area contributed by atoms with E-state index in [1.54, 1.807) is 17.4 Å². The minimum Gasteiger partial charge on any atom is -0.494 e. The zero-order valence-electron chi connectivity index (χ0n) is 12.7. The highest BCUT2D eigenvalue weighted by Crippen LogP contribution is 2.37. The van der Waals surface area contributed by atoms with Crippen molar-refractivity contribution in [2.45, 2.75) is 24.9 Å². The van der Waals surface area contributed by atoms with E-state index >= 15 is 0 Å². The maximum atomic E-state index is 14.1. The number of ether oxygens (including phenoxy) is 1. The van der Waals surface area contributed by atoms with Gasteiger partial charge in [0.1, 0.15) is 6.04 Å². The Balaban J connectivity index is 2.03. The molecule has 2 unspecified atom stereocenters. The predicted molar refractivity (Wildman–Crippen MR) is 86.5 cm³/mol. The van der Waals surface area contributed by atoms with Gasteiger partial charge in [0.15, 0.2) is 11.6 Å². The molecule has 23 heavy (non-hydrogen) atoms. The number of thiophene rings is 1. The summed E-state index contributed by atoms with van der Waals surface area (Å²) >= 11 is 1.55. The summed E-state index contributed by atoms with van der Waals surface area (Å²) in [4.78, 5) is 13.5. The lowest BCUT2D eigenvalue weighted by molar-refractivity contribution is -0.142. The topological polar surface area (TPSA) is 49.8 Å². The predicted octanol–water partition coefficient (Wildman–Crippen LogP) is 3.53. The number of nitrogens with zero attached hydrogens (tertiary/aromatic N) is 1. The summed E-state index contributed by atoms with van der Waals surface area (Å²) in [6.45, 7) is 0.686. The molecule has 3 rings (SSSR count). The summed E-state index contributed by atoms with van der Waals surface area (Å²) in [5, 5.41) is 13.4. The third-order valence-electron chi connectivity index (χ3n) is 4.26. The number of carboxylic acid groups (broad SMARTS) is 1. The highest BCUT2D eigenvalue weighted by atomic mass is 32.1. The van der Waals surface area contributed by atoms with Crippen LogP contribution >= 0.6 is 11.3 Å². The molecule has 1 saturated heterocycles. The Morgan fingerprint density at radius 2 is 2.26 bits per heavy atom. The number of hydrogen-bond acceptors (Lipinski definition) is 4. The van der Waals surface area contributed by atoms with Crippen LogP contribution in [0.3, 0.4) is 0 Å².